The van der Waals surface area contributed by atoms with E-state index in [1.807, 2.05) is 24.3 Å². The van der Waals surface area contributed by atoms with Crippen LogP contribution in [0.15, 0.2) is 24.3 Å². The number of carbonyl (C=O) groups is 1. The Morgan fingerprint density at radius 1 is 0.960 bits per heavy atom. The van der Waals surface area contributed by atoms with Gasteiger partial charge in [0.15, 0.2) is 5.82 Å². The van der Waals surface area contributed by atoms with Crippen LogP contribution in [0.3, 0.4) is 0 Å². The van der Waals surface area contributed by atoms with E-state index in [9.17, 15) is 4.79 Å². The van der Waals surface area contributed by atoms with Crippen LogP contribution in [-0.4, -0.2) is 20.7 Å². The van der Waals surface area contributed by atoms with E-state index >= 15 is 0 Å². The van der Waals surface area contributed by atoms with Crippen LogP contribution >= 0.6 is 0 Å². The van der Waals surface area contributed by atoms with Gasteiger partial charge < -0.3 is 9.88 Å². The van der Waals surface area contributed by atoms with E-state index in [0.29, 0.717) is 0 Å². The predicted octanol–water partition coefficient (Wildman–Crippen LogP) is 4.19. The van der Waals surface area contributed by atoms with Crippen molar-refractivity contribution in [2.45, 2.75) is 64.3 Å². The Labute approximate surface area is 148 Å². The van der Waals surface area contributed by atoms with Gasteiger partial charge in [0.25, 0.3) is 0 Å². The fourth-order valence-corrected chi connectivity index (χ4v) is 4.01. The highest BCUT2D eigenvalue weighted by molar-refractivity contribution is 5.92. The number of aryl methyl sites for hydroxylation is 1. The quantitative estimate of drug-likeness (QED) is 0.913. The third-order valence-corrected chi connectivity index (χ3v) is 5.50. The molecule has 1 aromatic carbocycles. The number of hydrogen-bond acceptors (Lipinski definition) is 3. The van der Waals surface area contributed by atoms with Crippen molar-refractivity contribution < 1.29 is 4.79 Å². The van der Waals surface area contributed by atoms with Crippen molar-refractivity contribution in [2.75, 3.05) is 5.32 Å². The summed E-state index contributed by atoms with van der Waals surface area (Å²) in [7, 11) is 0. The van der Waals surface area contributed by atoms with E-state index < -0.39 is 0 Å². The molecule has 1 N–H and O–H groups in total. The zero-order chi connectivity index (χ0) is 17.1. The maximum Gasteiger partial charge on any atom is 0.227 e. The monoisotopic (exact) mass is 338 g/mol. The highest BCUT2D eigenvalue weighted by Crippen LogP contribution is 2.26. The van der Waals surface area contributed by atoms with E-state index in [4.69, 9.17) is 0 Å². The van der Waals surface area contributed by atoms with Crippen molar-refractivity contribution in [1.29, 1.82) is 0 Å². The van der Waals surface area contributed by atoms with Gasteiger partial charge in [-0.3, -0.25) is 4.79 Å². The Morgan fingerprint density at radius 3 is 2.52 bits per heavy atom. The summed E-state index contributed by atoms with van der Waals surface area (Å²) in [4.78, 5) is 12.4. The summed E-state index contributed by atoms with van der Waals surface area (Å²) in [6, 6.07) is 8.04. The second-order valence-electron chi connectivity index (χ2n) is 7.30. The van der Waals surface area contributed by atoms with E-state index in [1.54, 1.807) is 0 Å². The zero-order valence-electron chi connectivity index (χ0n) is 14.7. The minimum atomic E-state index is 0.170. The Bertz CT molecular complexity index is 729. The summed E-state index contributed by atoms with van der Waals surface area (Å²) in [5, 5.41) is 11.8. The van der Waals surface area contributed by atoms with Crippen LogP contribution < -0.4 is 5.32 Å². The van der Waals surface area contributed by atoms with Crippen molar-refractivity contribution in [1.82, 2.24) is 14.8 Å². The maximum absolute atomic E-state index is 12.4. The van der Waals surface area contributed by atoms with E-state index in [2.05, 4.69) is 20.1 Å². The number of rotatable bonds is 3. The van der Waals surface area contributed by atoms with Crippen molar-refractivity contribution in [3.63, 3.8) is 0 Å². The fourth-order valence-electron chi connectivity index (χ4n) is 4.01. The van der Waals surface area contributed by atoms with Crippen LogP contribution in [0.2, 0.25) is 0 Å². The molecule has 1 aromatic heterocycles. The Kier molecular flexibility index (Phi) is 4.81. The van der Waals surface area contributed by atoms with Crippen LogP contribution in [0.5, 0.6) is 0 Å². The molecule has 0 unspecified atom stereocenters. The Morgan fingerprint density at radius 2 is 1.72 bits per heavy atom. The molecule has 0 atom stereocenters. The van der Waals surface area contributed by atoms with Gasteiger partial charge >= 0.3 is 0 Å². The molecule has 0 bridgehead atoms. The van der Waals surface area contributed by atoms with Gasteiger partial charge in [0.1, 0.15) is 5.82 Å². The lowest BCUT2D eigenvalue weighted by Crippen LogP contribution is -2.24. The zero-order valence-corrected chi connectivity index (χ0v) is 14.7. The van der Waals surface area contributed by atoms with Crippen molar-refractivity contribution in [3.8, 4) is 11.4 Å². The molecule has 2 aliphatic rings. The average Bonchev–Trinajstić information content (AvgIpc) is 2.91. The second kappa shape index (κ2) is 7.38. The van der Waals surface area contributed by atoms with E-state index in [-0.39, 0.29) is 11.8 Å². The average molecular weight is 338 g/mol. The molecular weight excluding hydrogens is 312 g/mol. The lowest BCUT2D eigenvalue weighted by atomic mass is 9.88. The van der Waals surface area contributed by atoms with Gasteiger partial charge in [-0.1, -0.05) is 25.7 Å². The van der Waals surface area contributed by atoms with Gasteiger partial charge in [0, 0.05) is 30.1 Å². The van der Waals surface area contributed by atoms with Gasteiger partial charge in [-0.05, 0) is 49.9 Å². The Balaban J connectivity index is 1.47. The number of hydrogen-bond donors (Lipinski definition) is 1. The number of anilines is 1. The highest BCUT2D eigenvalue weighted by atomic mass is 16.1. The van der Waals surface area contributed by atoms with Crippen LogP contribution in [0.25, 0.3) is 11.4 Å². The predicted molar refractivity (Wildman–Crippen MR) is 98.2 cm³/mol. The smallest absolute Gasteiger partial charge is 0.227 e. The SMILES string of the molecule is O=C(Nc1ccc(-c2nnc3n2CCCCC3)cc1)C1CCCCC1. The largest absolute Gasteiger partial charge is 0.326 e. The molecule has 4 rings (SSSR count). The Hall–Kier alpha value is -2.17. The van der Waals surface area contributed by atoms with Gasteiger partial charge in [0.2, 0.25) is 5.91 Å². The lowest BCUT2D eigenvalue weighted by Gasteiger charge is -2.20. The molecule has 5 heteroatoms. The molecule has 132 valence electrons. The van der Waals surface area contributed by atoms with E-state index in [1.165, 1.54) is 38.5 Å². The number of nitrogens with one attached hydrogen (secondary N) is 1. The number of benzene rings is 1. The summed E-state index contributed by atoms with van der Waals surface area (Å²) in [5.41, 5.74) is 1.94. The number of fused-ring (bicyclic) bond motifs is 1. The molecule has 0 radical (unpaired) electrons. The van der Waals surface area contributed by atoms with E-state index in [0.717, 1.165) is 48.7 Å². The molecular formula is C20H26N4O. The summed E-state index contributed by atoms with van der Waals surface area (Å²) in [5.74, 6) is 2.40. The number of aromatic nitrogens is 3. The number of nitrogens with zero attached hydrogens (tertiary/aromatic N) is 3. The molecule has 2 aromatic rings. The fraction of sp³-hybridized carbons (Fsp3) is 0.550. The normalized spacial score (nSPS) is 18.4. The summed E-state index contributed by atoms with van der Waals surface area (Å²) in [6.07, 6.45) is 10.3. The molecule has 0 saturated heterocycles. The molecule has 1 fully saturated rings. The molecule has 1 amide bonds. The van der Waals surface area contributed by atoms with Gasteiger partial charge in [-0.15, -0.1) is 10.2 Å². The van der Waals surface area contributed by atoms with Crippen molar-refractivity contribution >= 4 is 11.6 Å². The molecule has 1 saturated carbocycles. The third kappa shape index (κ3) is 3.60. The van der Waals surface area contributed by atoms with Crippen molar-refractivity contribution in [2.24, 2.45) is 5.92 Å². The topological polar surface area (TPSA) is 59.8 Å². The first-order chi connectivity index (χ1) is 12.3. The van der Waals surface area contributed by atoms with Crippen LogP contribution in [-0.2, 0) is 17.8 Å². The van der Waals surface area contributed by atoms with Crippen LogP contribution in [0, 0.1) is 5.92 Å². The molecule has 1 aliphatic carbocycles. The lowest BCUT2D eigenvalue weighted by molar-refractivity contribution is -0.120. The first kappa shape index (κ1) is 16.3. The second-order valence-corrected chi connectivity index (χ2v) is 7.30. The molecule has 0 spiro atoms. The van der Waals surface area contributed by atoms with Gasteiger partial charge in [-0.2, -0.15) is 0 Å². The third-order valence-electron chi connectivity index (χ3n) is 5.50. The molecule has 1 aliphatic heterocycles. The maximum atomic E-state index is 12.4. The minimum absolute atomic E-state index is 0.170. The van der Waals surface area contributed by atoms with Crippen molar-refractivity contribution in [3.05, 3.63) is 30.1 Å². The van der Waals surface area contributed by atoms with Gasteiger partial charge in [0.05, 0.1) is 0 Å². The van der Waals surface area contributed by atoms with Crippen LogP contribution in [0.1, 0.15) is 57.2 Å². The number of carbonyl (C=O) groups excluding carboxylic acids is 1. The summed E-state index contributed by atoms with van der Waals surface area (Å²) < 4.78 is 2.25. The standard InChI is InChI=1S/C20H26N4O/c25-20(16-7-3-1-4-8-16)21-17-12-10-15(11-13-17)19-23-22-18-9-5-2-6-14-24(18)19/h10-13,16H,1-9,14H2,(H,21,25). The highest BCUT2D eigenvalue weighted by Gasteiger charge is 2.21. The first-order valence-corrected chi connectivity index (χ1v) is 9.64. The summed E-state index contributed by atoms with van der Waals surface area (Å²) >= 11 is 0. The summed E-state index contributed by atoms with van der Waals surface area (Å²) in [6.45, 7) is 0.998. The molecule has 2 heterocycles. The molecule has 25 heavy (non-hydrogen) atoms. The first-order valence-electron chi connectivity index (χ1n) is 9.64. The van der Waals surface area contributed by atoms with Crippen LogP contribution in [0.4, 0.5) is 5.69 Å². The number of amides is 1. The molecule has 5 nitrogen and oxygen atoms in total. The minimum Gasteiger partial charge on any atom is -0.326 e. The van der Waals surface area contributed by atoms with Gasteiger partial charge in [-0.25, -0.2) is 0 Å².